The molecule has 18 heavy (non-hydrogen) atoms. The Bertz CT molecular complexity index is 531. The van der Waals surface area contributed by atoms with Crippen molar-refractivity contribution in [1.82, 2.24) is 15.0 Å². The first kappa shape index (κ1) is 11.9. The molecule has 0 radical (unpaired) electrons. The van der Waals surface area contributed by atoms with Crippen LogP contribution in [0.15, 0.2) is 18.2 Å². The average molecular weight is 247 g/mol. The van der Waals surface area contributed by atoms with E-state index in [1.165, 1.54) is 0 Å². The summed E-state index contributed by atoms with van der Waals surface area (Å²) in [4.78, 5) is 11.8. The number of nitrogens with two attached hydrogens (primary N) is 2. The van der Waals surface area contributed by atoms with Gasteiger partial charge in [-0.15, -0.1) is 0 Å². The second-order valence-corrected chi connectivity index (χ2v) is 3.48. The van der Waals surface area contributed by atoms with Gasteiger partial charge in [0.05, 0.1) is 14.2 Å². The minimum Gasteiger partial charge on any atom is -0.497 e. The van der Waals surface area contributed by atoms with Gasteiger partial charge in [0.2, 0.25) is 11.9 Å². The molecular weight excluding hydrogens is 234 g/mol. The van der Waals surface area contributed by atoms with Gasteiger partial charge in [-0.25, -0.2) is 0 Å². The number of nitrogen functional groups attached to an aromatic ring is 2. The van der Waals surface area contributed by atoms with E-state index in [2.05, 4.69) is 15.0 Å². The summed E-state index contributed by atoms with van der Waals surface area (Å²) in [5, 5.41) is 0. The fraction of sp³-hybridized carbons (Fsp3) is 0.182. The van der Waals surface area contributed by atoms with Gasteiger partial charge in [-0.1, -0.05) is 0 Å². The normalized spacial score (nSPS) is 10.1. The zero-order valence-electron chi connectivity index (χ0n) is 10.0. The maximum absolute atomic E-state index is 5.53. The van der Waals surface area contributed by atoms with Crippen molar-refractivity contribution in [2.75, 3.05) is 25.7 Å². The van der Waals surface area contributed by atoms with E-state index in [1.54, 1.807) is 32.4 Å². The van der Waals surface area contributed by atoms with Crippen molar-refractivity contribution in [1.29, 1.82) is 0 Å². The Hall–Kier alpha value is -2.57. The molecule has 0 bridgehead atoms. The molecule has 0 atom stereocenters. The average Bonchev–Trinajstić information content (AvgIpc) is 2.37. The van der Waals surface area contributed by atoms with Gasteiger partial charge in [0.15, 0.2) is 5.82 Å². The van der Waals surface area contributed by atoms with Gasteiger partial charge in [0.1, 0.15) is 11.5 Å². The number of methoxy groups -OCH3 is 2. The van der Waals surface area contributed by atoms with Crippen molar-refractivity contribution in [3.63, 3.8) is 0 Å². The van der Waals surface area contributed by atoms with Crippen LogP contribution >= 0.6 is 0 Å². The quantitative estimate of drug-likeness (QED) is 0.822. The predicted molar refractivity (Wildman–Crippen MR) is 67.2 cm³/mol. The summed E-state index contributed by atoms with van der Waals surface area (Å²) in [5.74, 6) is 1.76. The molecule has 4 N–H and O–H groups in total. The molecule has 7 heteroatoms. The third kappa shape index (κ3) is 2.40. The molecule has 0 amide bonds. The summed E-state index contributed by atoms with van der Waals surface area (Å²) in [7, 11) is 3.13. The van der Waals surface area contributed by atoms with Gasteiger partial charge in [0.25, 0.3) is 0 Å². The number of hydrogen-bond donors (Lipinski definition) is 2. The number of aromatic nitrogens is 3. The number of anilines is 2. The number of hydrogen-bond acceptors (Lipinski definition) is 7. The molecule has 0 saturated heterocycles. The molecule has 1 heterocycles. The highest BCUT2D eigenvalue weighted by atomic mass is 16.5. The zero-order chi connectivity index (χ0) is 13.1. The lowest BCUT2D eigenvalue weighted by Crippen LogP contribution is -2.04. The van der Waals surface area contributed by atoms with Crippen LogP contribution in [-0.4, -0.2) is 29.2 Å². The Morgan fingerprint density at radius 2 is 1.33 bits per heavy atom. The first-order chi connectivity index (χ1) is 8.62. The molecule has 0 unspecified atom stereocenters. The highest BCUT2D eigenvalue weighted by molar-refractivity contribution is 5.62. The summed E-state index contributed by atoms with van der Waals surface area (Å²) in [6.07, 6.45) is 0. The maximum Gasteiger partial charge on any atom is 0.225 e. The SMILES string of the molecule is COc1cc(OC)cc(-c2nc(N)nc(N)n2)c1. The van der Waals surface area contributed by atoms with Gasteiger partial charge in [-0.3, -0.25) is 0 Å². The highest BCUT2D eigenvalue weighted by Crippen LogP contribution is 2.28. The predicted octanol–water partition coefficient (Wildman–Crippen LogP) is 0.720. The van der Waals surface area contributed by atoms with Crippen LogP contribution in [0.3, 0.4) is 0 Å². The van der Waals surface area contributed by atoms with Crippen LogP contribution in [0.2, 0.25) is 0 Å². The number of benzene rings is 1. The summed E-state index contributed by atoms with van der Waals surface area (Å²) in [5.41, 5.74) is 11.8. The molecular formula is C11H13N5O2. The second-order valence-electron chi connectivity index (χ2n) is 3.48. The smallest absolute Gasteiger partial charge is 0.225 e. The summed E-state index contributed by atoms with van der Waals surface area (Å²) < 4.78 is 10.3. The van der Waals surface area contributed by atoms with Crippen molar-refractivity contribution in [3.05, 3.63) is 18.2 Å². The number of ether oxygens (including phenoxy) is 2. The maximum atomic E-state index is 5.53. The van der Waals surface area contributed by atoms with Crippen LogP contribution in [0.25, 0.3) is 11.4 Å². The van der Waals surface area contributed by atoms with E-state index in [9.17, 15) is 0 Å². The molecule has 0 saturated carbocycles. The van der Waals surface area contributed by atoms with Gasteiger partial charge in [0, 0.05) is 11.6 Å². The van der Waals surface area contributed by atoms with Gasteiger partial charge in [-0.05, 0) is 12.1 Å². The summed E-state index contributed by atoms with van der Waals surface area (Å²) in [6.45, 7) is 0. The number of nitrogens with zero attached hydrogens (tertiary/aromatic N) is 3. The van der Waals surface area contributed by atoms with Crippen molar-refractivity contribution in [3.8, 4) is 22.9 Å². The van der Waals surface area contributed by atoms with Crippen LogP contribution in [0.5, 0.6) is 11.5 Å². The Labute approximate surface area is 104 Å². The fourth-order valence-electron chi connectivity index (χ4n) is 1.48. The monoisotopic (exact) mass is 247 g/mol. The molecule has 2 aromatic rings. The van der Waals surface area contributed by atoms with Crippen molar-refractivity contribution in [2.45, 2.75) is 0 Å². The lowest BCUT2D eigenvalue weighted by atomic mass is 10.2. The standard InChI is InChI=1S/C11H13N5O2/c1-17-7-3-6(4-8(5-7)18-2)9-14-10(12)16-11(13)15-9/h3-5H,1-2H3,(H4,12,13,14,15,16). The van der Waals surface area contributed by atoms with E-state index in [1.807, 2.05) is 0 Å². The van der Waals surface area contributed by atoms with Crippen LogP contribution in [0.4, 0.5) is 11.9 Å². The Balaban J connectivity index is 2.55. The van der Waals surface area contributed by atoms with Crippen LogP contribution in [-0.2, 0) is 0 Å². The largest absolute Gasteiger partial charge is 0.497 e. The van der Waals surface area contributed by atoms with Crippen LogP contribution in [0, 0.1) is 0 Å². The van der Waals surface area contributed by atoms with E-state index in [4.69, 9.17) is 20.9 Å². The summed E-state index contributed by atoms with van der Waals surface area (Å²) in [6, 6.07) is 5.27. The summed E-state index contributed by atoms with van der Waals surface area (Å²) >= 11 is 0. The second kappa shape index (κ2) is 4.74. The van der Waals surface area contributed by atoms with Crippen molar-refractivity contribution < 1.29 is 9.47 Å². The van der Waals surface area contributed by atoms with Crippen LogP contribution < -0.4 is 20.9 Å². The molecule has 94 valence electrons. The van der Waals surface area contributed by atoms with Crippen molar-refractivity contribution >= 4 is 11.9 Å². The van der Waals surface area contributed by atoms with E-state index in [0.717, 1.165) is 0 Å². The molecule has 0 aliphatic heterocycles. The van der Waals surface area contributed by atoms with Crippen molar-refractivity contribution in [2.24, 2.45) is 0 Å². The van der Waals surface area contributed by atoms with E-state index >= 15 is 0 Å². The van der Waals surface area contributed by atoms with E-state index < -0.39 is 0 Å². The lowest BCUT2D eigenvalue weighted by Gasteiger charge is -2.08. The zero-order valence-corrected chi connectivity index (χ0v) is 10.0. The van der Waals surface area contributed by atoms with E-state index in [-0.39, 0.29) is 11.9 Å². The first-order valence-corrected chi connectivity index (χ1v) is 5.13. The molecule has 2 rings (SSSR count). The van der Waals surface area contributed by atoms with Gasteiger partial charge < -0.3 is 20.9 Å². The van der Waals surface area contributed by atoms with Crippen LogP contribution in [0.1, 0.15) is 0 Å². The third-order valence-electron chi connectivity index (χ3n) is 2.28. The first-order valence-electron chi connectivity index (χ1n) is 5.13. The third-order valence-corrected chi connectivity index (χ3v) is 2.28. The Kier molecular flexibility index (Phi) is 3.13. The molecule has 0 spiro atoms. The van der Waals surface area contributed by atoms with Gasteiger partial charge >= 0.3 is 0 Å². The highest BCUT2D eigenvalue weighted by Gasteiger charge is 2.08. The Morgan fingerprint density at radius 3 is 1.78 bits per heavy atom. The van der Waals surface area contributed by atoms with E-state index in [0.29, 0.717) is 22.9 Å². The fourth-order valence-corrected chi connectivity index (χ4v) is 1.48. The molecule has 0 aliphatic carbocycles. The molecule has 1 aromatic carbocycles. The lowest BCUT2D eigenvalue weighted by molar-refractivity contribution is 0.394. The molecule has 7 nitrogen and oxygen atoms in total. The van der Waals surface area contributed by atoms with Gasteiger partial charge in [-0.2, -0.15) is 15.0 Å². The molecule has 0 aliphatic rings. The molecule has 0 fully saturated rings. The minimum absolute atomic E-state index is 0.0688. The number of rotatable bonds is 3. The topological polar surface area (TPSA) is 109 Å². The minimum atomic E-state index is 0.0688. The molecule has 1 aromatic heterocycles. The Morgan fingerprint density at radius 1 is 0.833 bits per heavy atom.